The SMILES string of the molecule is C[C@@H](NC(=O)CCOC1CCNCC1)c1ccncc1. The summed E-state index contributed by atoms with van der Waals surface area (Å²) in [5, 5.41) is 6.27. The zero-order valence-electron chi connectivity index (χ0n) is 12.0. The summed E-state index contributed by atoms with van der Waals surface area (Å²) in [7, 11) is 0. The number of amides is 1. The van der Waals surface area contributed by atoms with Crippen molar-refractivity contribution in [2.24, 2.45) is 0 Å². The fourth-order valence-electron chi connectivity index (χ4n) is 2.33. The second kappa shape index (κ2) is 7.97. The molecule has 1 aliphatic rings. The Hall–Kier alpha value is -1.46. The Morgan fingerprint density at radius 3 is 2.85 bits per heavy atom. The standard InChI is InChI=1S/C15H23N3O2/c1-12(13-2-7-16-8-3-13)18-15(19)6-11-20-14-4-9-17-10-5-14/h2-3,7-8,12,14,17H,4-6,9-11H2,1H3,(H,18,19)/t12-/m1/s1. The van der Waals surface area contributed by atoms with Gasteiger partial charge in [-0.25, -0.2) is 0 Å². The molecule has 1 amide bonds. The molecule has 1 aromatic heterocycles. The molecule has 0 saturated carbocycles. The average molecular weight is 277 g/mol. The zero-order chi connectivity index (χ0) is 14.2. The summed E-state index contributed by atoms with van der Waals surface area (Å²) in [6.45, 7) is 4.49. The molecule has 1 aliphatic heterocycles. The number of ether oxygens (including phenoxy) is 1. The number of hydrogen-bond acceptors (Lipinski definition) is 4. The number of nitrogens with one attached hydrogen (secondary N) is 2. The van der Waals surface area contributed by atoms with E-state index in [0.717, 1.165) is 31.5 Å². The molecular formula is C15H23N3O2. The van der Waals surface area contributed by atoms with Crippen LogP contribution in [0.3, 0.4) is 0 Å². The third-order valence-electron chi connectivity index (χ3n) is 3.55. The number of carbonyl (C=O) groups is 1. The molecule has 1 saturated heterocycles. The maximum atomic E-state index is 11.8. The summed E-state index contributed by atoms with van der Waals surface area (Å²) in [5.74, 6) is 0.0308. The van der Waals surface area contributed by atoms with Crippen molar-refractivity contribution >= 4 is 5.91 Å². The molecule has 0 aromatic carbocycles. The summed E-state index contributed by atoms with van der Waals surface area (Å²) in [5.41, 5.74) is 1.06. The molecule has 0 bridgehead atoms. The second-order valence-corrected chi connectivity index (χ2v) is 5.14. The fourth-order valence-corrected chi connectivity index (χ4v) is 2.33. The molecular weight excluding hydrogens is 254 g/mol. The molecule has 2 heterocycles. The first-order valence-corrected chi connectivity index (χ1v) is 7.27. The maximum Gasteiger partial charge on any atom is 0.222 e. The van der Waals surface area contributed by atoms with Crippen molar-refractivity contribution < 1.29 is 9.53 Å². The molecule has 0 aliphatic carbocycles. The molecule has 2 rings (SSSR count). The first-order valence-electron chi connectivity index (χ1n) is 7.27. The topological polar surface area (TPSA) is 63.2 Å². The molecule has 110 valence electrons. The van der Waals surface area contributed by atoms with E-state index >= 15 is 0 Å². The van der Waals surface area contributed by atoms with Crippen LogP contribution in [0.5, 0.6) is 0 Å². The van der Waals surface area contributed by atoms with E-state index in [1.54, 1.807) is 12.4 Å². The fraction of sp³-hybridized carbons (Fsp3) is 0.600. The van der Waals surface area contributed by atoms with Crippen LogP contribution in [-0.2, 0) is 9.53 Å². The molecule has 0 radical (unpaired) electrons. The highest BCUT2D eigenvalue weighted by Gasteiger charge is 2.14. The van der Waals surface area contributed by atoms with E-state index in [1.807, 2.05) is 19.1 Å². The van der Waals surface area contributed by atoms with Gasteiger partial charge in [0.15, 0.2) is 0 Å². The minimum atomic E-state index is 0.00406. The third-order valence-corrected chi connectivity index (χ3v) is 3.55. The number of nitrogens with zero attached hydrogens (tertiary/aromatic N) is 1. The van der Waals surface area contributed by atoms with Gasteiger partial charge >= 0.3 is 0 Å². The van der Waals surface area contributed by atoms with Crippen molar-refractivity contribution in [2.45, 2.75) is 38.3 Å². The normalized spacial score (nSPS) is 17.6. The van der Waals surface area contributed by atoms with E-state index < -0.39 is 0 Å². The molecule has 0 unspecified atom stereocenters. The van der Waals surface area contributed by atoms with Gasteiger partial charge in [-0.2, -0.15) is 0 Å². The summed E-state index contributed by atoms with van der Waals surface area (Å²) < 4.78 is 5.73. The summed E-state index contributed by atoms with van der Waals surface area (Å²) in [6.07, 6.45) is 6.27. The number of hydrogen-bond donors (Lipinski definition) is 2. The lowest BCUT2D eigenvalue weighted by atomic mass is 10.1. The zero-order valence-corrected chi connectivity index (χ0v) is 12.0. The van der Waals surface area contributed by atoms with Crippen LogP contribution < -0.4 is 10.6 Å². The quantitative estimate of drug-likeness (QED) is 0.825. The van der Waals surface area contributed by atoms with E-state index in [4.69, 9.17) is 4.74 Å². The van der Waals surface area contributed by atoms with E-state index in [9.17, 15) is 4.79 Å². The molecule has 1 fully saturated rings. The minimum Gasteiger partial charge on any atom is -0.378 e. The van der Waals surface area contributed by atoms with Crippen LogP contribution in [0.15, 0.2) is 24.5 Å². The summed E-state index contributed by atoms with van der Waals surface area (Å²) >= 11 is 0. The number of rotatable bonds is 6. The van der Waals surface area contributed by atoms with Gasteiger partial charge in [0.05, 0.1) is 18.8 Å². The molecule has 5 nitrogen and oxygen atoms in total. The highest BCUT2D eigenvalue weighted by atomic mass is 16.5. The van der Waals surface area contributed by atoms with Crippen molar-refractivity contribution in [1.82, 2.24) is 15.6 Å². The van der Waals surface area contributed by atoms with Crippen molar-refractivity contribution in [2.75, 3.05) is 19.7 Å². The number of piperidine rings is 1. The van der Waals surface area contributed by atoms with Crippen molar-refractivity contribution in [3.63, 3.8) is 0 Å². The van der Waals surface area contributed by atoms with E-state index in [0.29, 0.717) is 19.1 Å². The van der Waals surface area contributed by atoms with Crippen LogP contribution in [0.2, 0.25) is 0 Å². The van der Waals surface area contributed by atoms with Crippen LogP contribution in [0.1, 0.15) is 37.8 Å². The lowest BCUT2D eigenvalue weighted by Gasteiger charge is -2.23. The lowest BCUT2D eigenvalue weighted by Crippen LogP contribution is -2.33. The number of aromatic nitrogens is 1. The van der Waals surface area contributed by atoms with Gasteiger partial charge < -0.3 is 15.4 Å². The predicted octanol–water partition coefficient (Wildman–Crippen LogP) is 1.42. The van der Waals surface area contributed by atoms with Crippen LogP contribution in [0.4, 0.5) is 0 Å². The first-order chi connectivity index (χ1) is 9.75. The monoisotopic (exact) mass is 277 g/mol. The van der Waals surface area contributed by atoms with Gasteiger partial charge in [0, 0.05) is 18.8 Å². The second-order valence-electron chi connectivity index (χ2n) is 5.14. The Labute approximate surface area is 120 Å². The van der Waals surface area contributed by atoms with Crippen molar-refractivity contribution in [1.29, 1.82) is 0 Å². The van der Waals surface area contributed by atoms with Crippen LogP contribution in [0.25, 0.3) is 0 Å². The third kappa shape index (κ3) is 4.90. The Bertz CT molecular complexity index is 405. The molecule has 2 N–H and O–H groups in total. The van der Waals surface area contributed by atoms with E-state index in [2.05, 4.69) is 15.6 Å². The maximum absolute atomic E-state index is 11.8. The van der Waals surface area contributed by atoms with E-state index in [-0.39, 0.29) is 11.9 Å². The lowest BCUT2D eigenvalue weighted by molar-refractivity contribution is -0.123. The number of pyridine rings is 1. The predicted molar refractivity (Wildman–Crippen MR) is 77.3 cm³/mol. The summed E-state index contributed by atoms with van der Waals surface area (Å²) in [6, 6.07) is 3.83. The Morgan fingerprint density at radius 1 is 1.45 bits per heavy atom. The average Bonchev–Trinajstić information content (AvgIpc) is 2.49. The Balaban J connectivity index is 1.65. The van der Waals surface area contributed by atoms with Crippen LogP contribution in [-0.4, -0.2) is 36.7 Å². The minimum absolute atomic E-state index is 0.00406. The van der Waals surface area contributed by atoms with Gasteiger partial charge in [0.1, 0.15) is 0 Å². The first kappa shape index (κ1) is 14.9. The van der Waals surface area contributed by atoms with Gasteiger partial charge in [-0.15, -0.1) is 0 Å². The molecule has 20 heavy (non-hydrogen) atoms. The molecule has 1 atom stereocenters. The molecule has 5 heteroatoms. The van der Waals surface area contributed by atoms with Gasteiger partial charge in [-0.3, -0.25) is 9.78 Å². The smallest absolute Gasteiger partial charge is 0.222 e. The van der Waals surface area contributed by atoms with Gasteiger partial charge in [0.25, 0.3) is 0 Å². The van der Waals surface area contributed by atoms with Gasteiger partial charge in [0.2, 0.25) is 5.91 Å². The number of carbonyl (C=O) groups excluding carboxylic acids is 1. The largest absolute Gasteiger partial charge is 0.378 e. The van der Waals surface area contributed by atoms with E-state index in [1.165, 1.54) is 0 Å². The molecule has 1 aromatic rings. The van der Waals surface area contributed by atoms with Gasteiger partial charge in [-0.1, -0.05) is 0 Å². The van der Waals surface area contributed by atoms with Gasteiger partial charge in [-0.05, 0) is 50.6 Å². The Morgan fingerprint density at radius 2 is 2.15 bits per heavy atom. The highest BCUT2D eigenvalue weighted by molar-refractivity contribution is 5.76. The summed E-state index contributed by atoms with van der Waals surface area (Å²) in [4.78, 5) is 15.8. The Kier molecular flexibility index (Phi) is 5.95. The van der Waals surface area contributed by atoms with Crippen molar-refractivity contribution in [3.05, 3.63) is 30.1 Å². The van der Waals surface area contributed by atoms with Crippen molar-refractivity contribution in [3.8, 4) is 0 Å². The van der Waals surface area contributed by atoms with Crippen LogP contribution in [0, 0.1) is 0 Å². The molecule has 0 spiro atoms. The highest BCUT2D eigenvalue weighted by Crippen LogP contribution is 2.11. The van der Waals surface area contributed by atoms with Crippen LogP contribution >= 0.6 is 0 Å².